The molecule has 0 aromatic heterocycles. The number of amides is 1. The Morgan fingerprint density at radius 3 is 2.75 bits per heavy atom. The van der Waals surface area contributed by atoms with E-state index in [1.165, 1.54) is 10.5 Å². The molecule has 2 rings (SSSR count). The first-order valence-electron chi connectivity index (χ1n) is 8.29. The molecule has 1 radical (unpaired) electrons. The van der Waals surface area contributed by atoms with E-state index in [-0.39, 0.29) is 12.3 Å². The number of aryl methyl sites for hydroxylation is 1. The van der Waals surface area contributed by atoms with Crippen LogP contribution in [0.4, 0.5) is 0 Å². The quantitative estimate of drug-likeness (QED) is 0.663. The highest BCUT2D eigenvalue weighted by molar-refractivity contribution is 5.88. The second kappa shape index (κ2) is 9.17. The summed E-state index contributed by atoms with van der Waals surface area (Å²) >= 11 is 0. The summed E-state index contributed by atoms with van der Waals surface area (Å²) in [5, 5.41) is 12.1. The summed E-state index contributed by atoms with van der Waals surface area (Å²) in [5.74, 6) is -1.35. The summed E-state index contributed by atoms with van der Waals surface area (Å²) in [6.45, 7) is 1.03. The van der Waals surface area contributed by atoms with Gasteiger partial charge in [0.25, 0.3) is 0 Å². The highest BCUT2D eigenvalue weighted by Crippen LogP contribution is 2.17. The van der Waals surface area contributed by atoms with E-state index in [0.29, 0.717) is 19.5 Å². The van der Waals surface area contributed by atoms with Gasteiger partial charge in [-0.25, -0.2) is 0 Å². The van der Waals surface area contributed by atoms with E-state index in [0.717, 1.165) is 19.3 Å². The molecule has 0 aliphatic carbocycles. The zero-order valence-corrected chi connectivity index (χ0v) is 13.6. The zero-order chi connectivity index (χ0) is 17.4. The molecular weight excluding hydrogens is 308 g/mol. The maximum atomic E-state index is 12.5. The van der Waals surface area contributed by atoms with E-state index in [9.17, 15) is 14.4 Å². The van der Waals surface area contributed by atoms with Gasteiger partial charge in [0.05, 0.1) is 18.5 Å². The fraction of sp³-hybridized carbons (Fsp3) is 0.500. The molecule has 24 heavy (non-hydrogen) atoms. The molecule has 1 aliphatic rings. The number of nitrogens with one attached hydrogen (secondary N) is 1. The fourth-order valence-electron chi connectivity index (χ4n) is 2.99. The standard InChI is InChI=1S/C18H23N2O4/c21-13-15-9-5-11-20(15)18(24)16(12-17(22)23)19-10-4-8-14-6-2-1-3-7-14/h1-3,6-7,15-16,19H,4-5,8-12H2,(H,22,23)/t15-,16-/m0/s1. The molecule has 1 aliphatic heterocycles. The Labute approximate surface area is 141 Å². The molecule has 0 unspecified atom stereocenters. The molecule has 1 aromatic carbocycles. The number of carboxylic acids is 1. The van der Waals surface area contributed by atoms with E-state index >= 15 is 0 Å². The molecule has 1 amide bonds. The molecule has 6 heteroatoms. The van der Waals surface area contributed by atoms with Crippen LogP contribution in [0.15, 0.2) is 30.3 Å². The molecule has 0 saturated carbocycles. The summed E-state index contributed by atoms with van der Waals surface area (Å²) in [4.78, 5) is 36.0. The molecule has 1 heterocycles. The lowest BCUT2D eigenvalue weighted by Crippen LogP contribution is -2.49. The van der Waals surface area contributed by atoms with Gasteiger partial charge < -0.3 is 15.3 Å². The molecule has 0 spiro atoms. The number of rotatable bonds is 9. The predicted octanol–water partition coefficient (Wildman–Crippen LogP) is 1.15. The van der Waals surface area contributed by atoms with Crippen molar-refractivity contribution >= 4 is 18.2 Å². The van der Waals surface area contributed by atoms with Crippen LogP contribution in [0.3, 0.4) is 0 Å². The van der Waals surface area contributed by atoms with E-state index in [4.69, 9.17) is 5.11 Å². The highest BCUT2D eigenvalue weighted by atomic mass is 16.4. The van der Waals surface area contributed by atoms with Gasteiger partial charge in [-0.05, 0) is 37.8 Å². The van der Waals surface area contributed by atoms with Crippen molar-refractivity contribution in [2.75, 3.05) is 13.1 Å². The van der Waals surface area contributed by atoms with E-state index in [2.05, 4.69) is 5.32 Å². The molecule has 129 valence electrons. The Morgan fingerprint density at radius 2 is 2.08 bits per heavy atom. The zero-order valence-electron chi connectivity index (χ0n) is 13.6. The topological polar surface area (TPSA) is 86.7 Å². The van der Waals surface area contributed by atoms with Gasteiger partial charge in [0.15, 0.2) is 0 Å². The molecule has 1 fully saturated rings. The Morgan fingerprint density at radius 1 is 1.33 bits per heavy atom. The first-order valence-corrected chi connectivity index (χ1v) is 8.29. The van der Waals surface area contributed by atoms with Crippen molar-refractivity contribution in [3.05, 3.63) is 35.9 Å². The van der Waals surface area contributed by atoms with Gasteiger partial charge in [0, 0.05) is 6.54 Å². The minimum Gasteiger partial charge on any atom is -0.481 e. The molecule has 1 saturated heterocycles. The monoisotopic (exact) mass is 331 g/mol. The molecule has 2 atom stereocenters. The summed E-state index contributed by atoms with van der Waals surface area (Å²) < 4.78 is 0. The fourth-order valence-corrected chi connectivity index (χ4v) is 2.99. The number of carboxylic acid groups (broad SMARTS) is 1. The Hall–Kier alpha value is -2.21. The minimum atomic E-state index is -1.03. The van der Waals surface area contributed by atoms with E-state index in [1.54, 1.807) is 0 Å². The summed E-state index contributed by atoms with van der Waals surface area (Å²) in [7, 11) is 0. The Kier molecular flexibility index (Phi) is 6.93. The lowest BCUT2D eigenvalue weighted by atomic mass is 10.1. The smallest absolute Gasteiger partial charge is 0.305 e. The molecule has 0 bridgehead atoms. The van der Waals surface area contributed by atoms with Gasteiger partial charge in [-0.2, -0.15) is 0 Å². The van der Waals surface area contributed by atoms with Gasteiger partial charge in [0.2, 0.25) is 12.2 Å². The number of aliphatic carboxylic acids is 1. The maximum Gasteiger partial charge on any atom is 0.305 e. The summed E-state index contributed by atoms with van der Waals surface area (Å²) in [6.07, 6.45) is 4.60. The van der Waals surface area contributed by atoms with Gasteiger partial charge in [-0.3, -0.25) is 14.4 Å². The van der Waals surface area contributed by atoms with Crippen LogP contribution in [-0.2, 0) is 20.8 Å². The van der Waals surface area contributed by atoms with Crippen molar-refractivity contribution in [1.29, 1.82) is 0 Å². The van der Waals surface area contributed by atoms with Crippen LogP contribution in [0.1, 0.15) is 31.2 Å². The lowest BCUT2D eigenvalue weighted by molar-refractivity contribution is -0.142. The normalized spacial score (nSPS) is 18.3. The van der Waals surface area contributed by atoms with Crippen molar-refractivity contribution in [2.45, 2.75) is 44.2 Å². The van der Waals surface area contributed by atoms with Crippen LogP contribution in [0, 0.1) is 0 Å². The van der Waals surface area contributed by atoms with Gasteiger partial charge in [-0.1, -0.05) is 30.3 Å². The lowest BCUT2D eigenvalue weighted by Gasteiger charge is -2.25. The van der Waals surface area contributed by atoms with Crippen LogP contribution in [-0.4, -0.2) is 53.3 Å². The van der Waals surface area contributed by atoms with Gasteiger partial charge in [-0.15, -0.1) is 0 Å². The third-order valence-corrected chi connectivity index (χ3v) is 4.22. The van der Waals surface area contributed by atoms with E-state index < -0.39 is 18.1 Å². The largest absolute Gasteiger partial charge is 0.481 e. The first kappa shape index (κ1) is 18.1. The van der Waals surface area contributed by atoms with Crippen LogP contribution in [0.2, 0.25) is 0 Å². The number of hydrogen-bond acceptors (Lipinski definition) is 4. The third-order valence-electron chi connectivity index (χ3n) is 4.22. The average molecular weight is 331 g/mol. The molecule has 2 N–H and O–H groups in total. The van der Waals surface area contributed by atoms with Crippen molar-refractivity contribution in [1.82, 2.24) is 10.2 Å². The van der Waals surface area contributed by atoms with Crippen molar-refractivity contribution in [3.8, 4) is 0 Å². The second-order valence-corrected chi connectivity index (χ2v) is 6.00. The van der Waals surface area contributed by atoms with Gasteiger partial charge in [0.1, 0.15) is 0 Å². The van der Waals surface area contributed by atoms with E-state index in [1.807, 2.05) is 36.6 Å². The average Bonchev–Trinajstić information content (AvgIpc) is 3.06. The maximum absolute atomic E-state index is 12.5. The number of hydrogen-bond donors (Lipinski definition) is 2. The Bertz CT molecular complexity index is 561. The number of carbonyl (C=O) groups excluding carboxylic acids is 2. The van der Waals surface area contributed by atoms with Crippen molar-refractivity contribution < 1.29 is 19.5 Å². The number of nitrogens with zero attached hydrogens (tertiary/aromatic N) is 1. The number of carbonyl (C=O) groups is 2. The highest BCUT2D eigenvalue weighted by Gasteiger charge is 2.34. The van der Waals surface area contributed by atoms with Gasteiger partial charge >= 0.3 is 5.97 Å². The van der Waals surface area contributed by atoms with Crippen LogP contribution in [0.25, 0.3) is 0 Å². The summed E-state index contributed by atoms with van der Waals surface area (Å²) in [5.41, 5.74) is 1.20. The minimum absolute atomic E-state index is 0.285. The van der Waals surface area contributed by atoms with Crippen molar-refractivity contribution in [3.63, 3.8) is 0 Å². The third kappa shape index (κ3) is 5.16. The molecular formula is C18H23N2O4. The first-order chi connectivity index (χ1) is 11.6. The molecule has 1 aromatic rings. The Balaban J connectivity index is 1.86. The van der Waals surface area contributed by atoms with Crippen LogP contribution in [0.5, 0.6) is 0 Å². The SMILES string of the molecule is O=[C][C@@H]1CCCN1C(=O)[C@H](CC(=O)O)NCCCc1ccccc1. The summed E-state index contributed by atoms with van der Waals surface area (Å²) in [6, 6.07) is 8.64. The van der Waals surface area contributed by atoms with Crippen LogP contribution < -0.4 is 5.32 Å². The van der Waals surface area contributed by atoms with Crippen molar-refractivity contribution in [2.24, 2.45) is 0 Å². The molecule has 6 nitrogen and oxygen atoms in total. The number of likely N-dealkylation sites (tertiary alicyclic amines) is 1. The van der Waals surface area contributed by atoms with Crippen LogP contribution >= 0.6 is 0 Å². The predicted molar refractivity (Wildman–Crippen MR) is 89.2 cm³/mol. The second-order valence-electron chi connectivity index (χ2n) is 6.00. The number of benzene rings is 1.